The average Bonchev–Trinajstić information content (AvgIpc) is 3.13. The smallest absolute Gasteiger partial charge is 0.326 e. The van der Waals surface area contributed by atoms with E-state index in [1.807, 2.05) is 6.08 Å². The quantitative estimate of drug-likeness (QED) is 0.0329. The SMILES string of the molecule is CCCCCC/C=C\C/C=C\C(CCCCCCC(=O)NC(CCCN)C(=O)O)OC(=O)CCCCCCCCC/C=C\CCCCCCCCC. The third-order valence-electron chi connectivity index (χ3n) is 9.66. The van der Waals surface area contributed by atoms with E-state index in [9.17, 15) is 19.5 Å². The summed E-state index contributed by atoms with van der Waals surface area (Å²) in [5.41, 5.74) is 5.48. The molecule has 2 atom stereocenters. The second-order valence-corrected chi connectivity index (χ2v) is 14.7. The molecular weight excluding hydrogens is 649 g/mol. The van der Waals surface area contributed by atoms with Gasteiger partial charge in [0.1, 0.15) is 12.1 Å². The molecule has 1 amide bonds. The van der Waals surface area contributed by atoms with Crippen molar-refractivity contribution >= 4 is 17.8 Å². The summed E-state index contributed by atoms with van der Waals surface area (Å²) < 4.78 is 5.91. The summed E-state index contributed by atoms with van der Waals surface area (Å²) in [6.07, 6.45) is 46.3. The lowest BCUT2D eigenvalue weighted by Gasteiger charge is -2.15. The molecule has 0 aliphatic heterocycles. The lowest BCUT2D eigenvalue weighted by Crippen LogP contribution is -2.40. The Kier molecular flexibility index (Phi) is 37.9. The normalized spacial score (nSPS) is 13.0. The van der Waals surface area contributed by atoms with Gasteiger partial charge in [-0.3, -0.25) is 9.59 Å². The van der Waals surface area contributed by atoms with Gasteiger partial charge in [0.05, 0.1) is 0 Å². The number of amides is 1. The molecule has 0 aromatic carbocycles. The first-order valence-electron chi connectivity index (χ1n) is 21.8. The molecule has 0 spiro atoms. The maximum atomic E-state index is 12.7. The number of aliphatic carboxylic acids is 1. The number of rotatable bonds is 39. The molecular formula is C45H82N2O5. The molecule has 0 aromatic rings. The van der Waals surface area contributed by atoms with Gasteiger partial charge >= 0.3 is 11.9 Å². The van der Waals surface area contributed by atoms with E-state index in [-0.39, 0.29) is 18.0 Å². The first kappa shape index (κ1) is 49.6. The molecule has 0 heterocycles. The highest BCUT2D eigenvalue weighted by Crippen LogP contribution is 2.15. The van der Waals surface area contributed by atoms with Gasteiger partial charge in [-0.05, 0) is 96.1 Å². The van der Waals surface area contributed by atoms with Crippen molar-refractivity contribution in [1.29, 1.82) is 0 Å². The molecule has 7 heteroatoms. The molecule has 7 nitrogen and oxygen atoms in total. The molecule has 0 aromatic heterocycles. The lowest BCUT2D eigenvalue weighted by atomic mass is 10.1. The molecule has 0 radical (unpaired) electrons. The molecule has 52 heavy (non-hydrogen) atoms. The van der Waals surface area contributed by atoms with Crippen LogP contribution in [0.5, 0.6) is 0 Å². The summed E-state index contributed by atoms with van der Waals surface area (Å²) in [5.74, 6) is -1.35. The fourth-order valence-electron chi connectivity index (χ4n) is 6.34. The zero-order chi connectivity index (χ0) is 38.2. The van der Waals surface area contributed by atoms with Crippen molar-refractivity contribution in [2.75, 3.05) is 6.54 Å². The van der Waals surface area contributed by atoms with Crippen molar-refractivity contribution in [3.8, 4) is 0 Å². The first-order valence-corrected chi connectivity index (χ1v) is 21.8. The molecule has 302 valence electrons. The van der Waals surface area contributed by atoms with Gasteiger partial charge in [0.2, 0.25) is 5.91 Å². The highest BCUT2D eigenvalue weighted by atomic mass is 16.5. The van der Waals surface area contributed by atoms with Gasteiger partial charge in [0.15, 0.2) is 0 Å². The van der Waals surface area contributed by atoms with Crippen molar-refractivity contribution in [1.82, 2.24) is 5.32 Å². The van der Waals surface area contributed by atoms with Gasteiger partial charge in [-0.2, -0.15) is 0 Å². The minimum absolute atomic E-state index is 0.108. The predicted molar refractivity (Wildman–Crippen MR) is 220 cm³/mol. The summed E-state index contributed by atoms with van der Waals surface area (Å²) in [6, 6.07) is -0.874. The van der Waals surface area contributed by atoms with E-state index in [0.717, 1.165) is 51.4 Å². The molecule has 4 N–H and O–H groups in total. The van der Waals surface area contributed by atoms with Crippen LogP contribution < -0.4 is 11.1 Å². The van der Waals surface area contributed by atoms with Crippen LogP contribution in [0.1, 0.15) is 213 Å². The summed E-state index contributed by atoms with van der Waals surface area (Å²) in [7, 11) is 0. The summed E-state index contributed by atoms with van der Waals surface area (Å²) in [4.78, 5) is 36.3. The maximum Gasteiger partial charge on any atom is 0.326 e. The molecule has 0 saturated heterocycles. The van der Waals surface area contributed by atoms with Crippen LogP contribution in [0.4, 0.5) is 0 Å². The zero-order valence-corrected chi connectivity index (χ0v) is 33.9. The number of allylic oxidation sites excluding steroid dienone is 5. The summed E-state index contributed by atoms with van der Waals surface area (Å²) in [6.45, 7) is 4.90. The number of nitrogens with two attached hydrogens (primary N) is 1. The fraction of sp³-hybridized carbons (Fsp3) is 0.800. The maximum absolute atomic E-state index is 12.7. The third kappa shape index (κ3) is 36.0. The van der Waals surface area contributed by atoms with Crippen molar-refractivity contribution < 1.29 is 24.2 Å². The van der Waals surface area contributed by atoms with Crippen LogP contribution in [0.15, 0.2) is 36.5 Å². The van der Waals surface area contributed by atoms with Crippen LogP contribution in [0.2, 0.25) is 0 Å². The lowest BCUT2D eigenvalue weighted by molar-refractivity contribution is -0.147. The van der Waals surface area contributed by atoms with Crippen molar-refractivity contribution in [3.05, 3.63) is 36.5 Å². The summed E-state index contributed by atoms with van der Waals surface area (Å²) in [5, 5.41) is 11.9. The van der Waals surface area contributed by atoms with Crippen molar-refractivity contribution in [2.45, 2.75) is 225 Å². The minimum atomic E-state index is -1.02. The number of ether oxygens (including phenoxy) is 1. The van der Waals surface area contributed by atoms with E-state index in [0.29, 0.717) is 38.6 Å². The van der Waals surface area contributed by atoms with Crippen LogP contribution in [-0.4, -0.2) is 41.6 Å². The molecule has 2 unspecified atom stereocenters. The molecule has 0 saturated carbocycles. The van der Waals surface area contributed by atoms with Gasteiger partial charge < -0.3 is 20.9 Å². The Hall–Kier alpha value is -2.41. The molecule has 0 aliphatic carbocycles. The van der Waals surface area contributed by atoms with Crippen LogP contribution >= 0.6 is 0 Å². The number of esters is 1. The van der Waals surface area contributed by atoms with Gasteiger partial charge in [-0.25, -0.2) is 4.79 Å². The van der Waals surface area contributed by atoms with Crippen molar-refractivity contribution in [2.24, 2.45) is 5.73 Å². The number of unbranched alkanes of at least 4 members (excludes halogenated alkanes) is 21. The van der Waals surface area contributed by atoms with Gasteiger partial charge in [-0.1, -0.05) is 147 Å². The van der Waals surface area contributed by atoms with E-state index in [4.69, 9.17) is 10.5 Å². The number of carboxylic acids is 1. The van der Waals surface area contributed by atoms with Crippen LogP contribution in [-0.2, 0) is 19.1 Å². The van der Waals surface area contributed by atoms with E-state index in [2.05, 4.69) is 49.5 Å². The van der Waals surface area contributed by atoms with Gasteiger partial charge in [0.25, 0.3) is 0 Å². The average molecular weight is 731 g/mol. The van der Waals surface area contributed by atoms with Crippen LogP contribution in [0.3, 0.4) is 0 Å². The molecule has 0 rings (SSSR count). The van der Waals surface area contributed by atoms with E-state index >= 15 is 0 Å². The predicted octanol–water partition coefficient (Wildman–Crippen LogP) is 12.2. The van der Waals surface area contributed by atoms with Crippen LogP contribution in [0.25, 0.3) is 0 Å². The highest BCUT2D eigenvalue weighted by Gasteiger charge is 2.19. The third-order valence-corrected chi connectivity index (χ3v) is 9.66. The Morgan fingerprint density at radius 3 is 1.62 bits per heavy atom. The number of carbonyl (C=O) groups is 3. The Balaban J connectivity index is 4.29. The van der Waals surface area contributed by atoms with Crippen molar-refractivity contribution in [3.63, 3.8) is 0 Å². The second kappa shape index (κ2) is 39.8. The molecule has 0 aliphatic rings. The van der Waals surface area contributed by atoms with Gasteiger partial charge in [-0.15, -0.1) is 0 Å². The Bertz CT molecular complexity index is 915. The molecule has 0 fully saturated rings. The number of carbonyl (C=O) groups excluding carboxylic acids is 2. The van der Waals surface area contributed by atoms with E-state index in [1.165, 1.54) is 116 Å². The van der Waals surface area contributed by atoms with Gasteiger partial charge in [0, 0.05) is 12.8 Å². The highest BCUT2D eigenvalue weighted by molar-refractivity contribution is 5.83. The monoisotopic (exact) mass is 731 g/mol. The fourth-order valence-corrected chi connectivity index (χ4v) is 6.34. The Morgan fingerprint density at radius 1 is 0.577 bits per heavy atom. The number of carboxylic acid groups (broad SMARTS) is 1. The standard InChI is InChI=1S/C45H82N2O5/c1-3-5-7-9-11-13-14-15-16-17-18-19-20-21-23-25-27-33-39-44(49)52-41(35-30-26-24-22-12-10-8-6-4-2)36-31-28-29-32-38-43(48)47-42(45(50)51)37-34-40-46/h16-17,22,24,30,35,41-42H,3-15,18-21,23,25-29,31-34,36-40,46H2,1-2H3,(H,47,48)(H,50,51)/b17-16-,24-22-,35-30-. The Labute approximate surface area is 320 Å². The number of hydrogen-bond acceptors (Lipinski definition) is 5. The molecule has 0 bridgehead atoms. The largest absolute Gasteiger partial charge is 0.480 e. The second-order valence-electron chi connectivity index (χ2n) is 14.7. The Morgan fingerprint density at radius 2 is 1.06 bits per heavy atom. The van der Waals surface area contributed by atoms with Crippen LogP contribution in [0, 0.1) is 0 Å². The topological polar surface area (TPSA) is 119 Å². The number of nitrogens with one attached hydrogen (secondary N) is 1. The zero-order valence-electron chi connectivity index (χ0n) is 33.9. The first-order chi connectivity index (χ1) is 25.4. The minimum Gasteiger partial charge on any atom is -0.480 e. The summed E-state index contributed by atoms with van der Waals surface area (Å²) >= 11 is 0. The van der Waals surface area contributed by atoms with E-state index < -0.39 is 12.0 Å². The van der Waals surface area contributed by atoms with E-state index in [1.54, 1.807) is 0 Å². The number of hydrogen-bond donors (Lipinski definition) is 3.